The minimum Gasteiger partial charge on any atom is -0.478 e. The first-order valence-electron chi connectivity index (χ1n) is 12.3. The summed E-state index contributed by atoms with van der Waals surface area (Å²) in [6, 6.07) is 25.4. The number of carbonyl (C=O) groups is 2. The number of rotatable bonds is 5. The molecule has 4 aromatic carbocycles. The van der Waals surface area contributed by atoms with Crippen molar-refractivity contribution in [2.75, 3.05) is 5.32 Å². The molecule has 1 aliphatic heterocycles. The summed E-state index contributed by atoms with van der Waals surface area (Å²) in [6.07, 6.45) is 5.24. The largest absolute Gasteiger partial charge is 0.478 e. The Balaban J connectivity index is 1.32. The predicted octanol–water partition coefficient (Wildman–Crippen LogP) is 6.84. The Morgan fingerprint density at radius 3 is 2.28 bits per heavy atom. The van der Waals surface area contributed by atoms with Gasteiger partial charge in [0.05, 0.1) is 16.9 Å². The summed E-state index contributed by atoms with van der Waals surface area (Å²) < 4.78 is 16.9. The summed E-state index contributed by atoms with van der Waals surface area (Å²) in [5.74, 6) is -1.85. The molecule has 6 nitrogen and oxygen atoms in total. The number of anilines is 1. The minimum absolute atomic E-state index is 0.166. The normalized spacial score (nSPS) is 13.4. The van der Waals surface area contributed by atoms with Gasteiger partial charge in [-0.2, -0.15) is 5.10 Å². The van der Waals surface area contributed by atoms with E-state index in [2.05, 4.69) is 10.4 Å². The van der Waals surface area contributed by atoms with Crippen molar-refractivity contribution in [3.63, 3.8) is 0 Å². The van der Waals surface area contributed by atoms with Crippen LogP contribution < -0.4 is 5.32 Å². The van der Waals surface area contributed by atoms with Crippen molar-refractivity contribution >= 4 is 29.2 Å². The van der Waals surface area contributed by atoms with Crippen LogP contribution in [-0.2, 0) is 4.79 Å². The number of carboxylic acid groups (broad SMARTS) is 1. The average molecular weight is 516 g/mol. The number of nitrogens with zero attached hydrogens (tertiary/aromatic N) is 2. The van der Waals surface area contributed by atoms with E-state index in [0.717, 1.165) is 16.8 Å². The van der Waals surface area contributed by atoms with Crippen molar-refractivity contribution in [3.05, 3.63) is 125 Å². The highest BCUT2D eigenvalue weighted by Gasteiger charge is 2.26. The van der Waals surface area contributed by atoms with Crippen LogP contribution in [0.15, 0.2) is 97.3 Å². The number of benzene rings is 4. The number of hydrogen-bond acceptors (Lipinski definition) is 3. The Morgan fingerprint density at radius 1 is 0.923 bits per heavy atom. The van der Waals surface area contributed by atoms with E-state index >= 15 is 4.39 Å². The maximum Gasteiger partial charge on any atom is 0.335 e. The maximum atomic E-state index is 15.2. The number of carboxylic acids is 1. The van der Waals surface area contributed by atoms with Crippen LogP contribution in [-0.4, -0.2) is 26.8 Å². The van der Waals surface area contributed by atoms with Gasteiger partial charge < -0.3 is 10.4 Å². The second-order valence-electron chi connectivity index (χ2n) is 9.34. The molecule has 0 radical (unpaired) electrons. The maximum absolute atomic E-state index is 15.2. The van der Waals surface area contributed by atoms with E-state index in [-0.39, 0.29) is 11.5 Å². The second-order valence-corrected chi connectivity index (χ2v) is 9.34. The molecule has 0 aliphatic carbocycles. The van der Waals surface area contributed by atoms with Gasteiger partial charge in [-0.1, -0.05) is 48.5 Å². The summed E-state index contributed by atoms with van der Waals surface area (Å²) in [7, 11) is 0. The fourth-order valence-electron chi connectivity index (χ4n) is 4.77. The fraction of sp³-hybridized carbons (Fsp3) is 0.0312. The lowest BCUT2D eigenvalue weighted by Gasteiger charge is -2.09. The molecule has 1 aromatic heterocycles. The molecule has 1 aliphatic rings. The molecule has 1 amide bonds. The molecule has 2 heterocycles. The lowest BCUT2D eigenvalue weighted by atomic mass is 9.95. The van der Waals surface area contributed by atoms with Crippen molar-refractivity contribution in [1.29, 1.82) is 0 Å². The topological polar surface area (TPSA) is 84.2 Å². The predicted molar refractivity (Wildman–Crippen MR) is 149 cm³/mol. The van der Waals surface area contributed by atoms with Gasteiger partial charge in [-0.15, -0.1) is 0 Å². The third-order valence-corrected chi connectivity index (χ3v) is 6.86. The third-order valence-electron chi connectivity index (χ3n) is 6.86. The van der Waals surface area contributed by atoms with Crippen molar-refractivity contribution in [1.82, 2.24) is 9.78 Å². The quantitative estimate of drug-likeness (QED) is 0.251. The van der Waals surface area contributed by atoms with Crippen LogP contribution in [0.4, 0.5) is 10.1 Å². The Kier molecular flexibility index (Phi) is 5.88. The van der Waals surface area contributed by atoms with Crippen molar-refractivity contribution in [3.8, 4) is 27.9 Å². The van der Waals surface area contributed by atoms with E-state index in [1.807, 2.05) is 60.8 Å². The molecule has 0 saturated heterocycles. The molecular formula is C32H22FN3O3. The first-order valence-corrected chi connectivity index (χ1v) is 12.3. The Hall–Kier alpha value is -5.30. The molecule has 5 aromatic rings. The van der Waals surface area contributed by atoms with Crippen LogP contribution in [0.3, 0.4) is 0 Å². The number of aromatic nitrogens is 2. The van der Waals surface area contributed by atoms with Crippen molar-refractivity contribution in [2.45, 2.75) is 6.92 Å². The van der Waals surface area contributed by atoms with Crippen LogP contribution in [0.1, 0.15) is 27.0 Å². The number of fused-ring (bicyclic) bond motifs is 1. The van der Waals surface area contributed by atoms with Gasteiger partial charge in [0, 0.05) is 29.1 Å². The summed E-state index contributed by atoms with van der Waals surface area (Å²) in [5, 5.41) is 16.4. The molecule has 0 fully saturated rings. The van der Waals surface area contributed by atoms with E-state index in [1.54, 1.807) is 42.1 Å². The van der Waals surface area contributed by atoms with Crippen LogP contribution in [0.25, 0.3) is 39.6 Å². The first-order chi connectivity index (χ1) is 18.9. The van der Waals surface area contributed by atoms with E-state index in [4.69, 9.17) is 0 Å². The highest BCUT2D eigenvalue weighted by atomic mass is 19.1. The Bertz CT molecular complexity index is 1770. The number of nitrogens with one attached hydrogen (secondary N) is 1. The fourth-order valence-corrected chi connectivity index (χ4v) is 4.77. The van der Waals surface area contributed by atoms with Crippen LogP contribution in [0.2, 0.25) is 0 Å². The van der Waals surface area contributed by atoms with E-state index in [0.29, 0.717) is 39.1 Å². The highest BCUT2D eigenvalue weighted by molar-refractivity contribution is 6.35. The van der Waals surface area contributed by atoms with Crippen LogP contribution >= 0.6 is 0 Å². The van der Waals surface area contributed by atoms with Gasteiger partial charge in [0.15, 0.2) is 0 Å². The van der Waals surface area contributed by atoms with E-state index in [9.17, 15) is 14.7 Å². The third kappa shape index (κ3) is 4.51. The molecular weight excluding hydrogens is 493 g/mol. The van der Waals surface area contributed by atoms with E-state index in [1.165, 1.54) is 12.1 Å². The standard InChI is InChI=1S/C32H22FN3O3/c1-19-3-4-20(15-25(19)32(38)39)16-28-27-17-26(29(33)18-30(27)35-31(28)37)23-7-5-21(6-8-23)22-9-11-24(12-10-22)36-14-2-13-34-36/h2-18H,1H3,(H,35,37)(H,38,39)/b28-16-. The average Bonchev–Trinajstić information content (AvgIpc) is 3.58. The number of halogens is 1. The van der Waals surface area contributed by atoms with Gasteiger partial charge >= 0.3 is 5.97 Å². The lowest BCUT2D eigenvalue weighted by molar-refractivity contribution is -0.110. The summed E-state index contributed by atoms with van der Waals surface area (Å²) in [5.41, 5.74) is 6.66. The van der Waals surface area contributed by atoms with Gasteiger partial charge in [0.2, 0.25) is 0 Å². The molecule has 7 heteroatoms. The Morgan fingerprint density at radius 2 is 1.62 bits per heavy atom. The monoisotopic (exact) mass is 515 g/mol. The Labute approximate surface area is 223 Å². The summed E-state index contributed by atoms with van der Waals surface area (Å²) in [4.78, 5) is 24.3. The SMILES string of the molecule is Cc1ccc(/C=C2\C(=O)Nc3cc(F)c(-c4ccc(-c5ccc(-n6cccn6)cc5)cc4)cc32)cc1C(=O)O. The highest BCUT2D eigenvalue weighted by Crippen LogP contribution is 2.38. The molecule has 0 spiro atoms. The number of carbonyl (C=O) groups excluding carboxylic acids is 1. The smallest absolute Gasteiger partial charge is 0.335 e. The molecule has 39 heavy (non-hydrogen) atoms. The number of aromatic carboxylic acids is 1. The first kappa shape index (κ1) is 24.1. The zero-order valence-corrected chi connectivity index (χ0v) is 20.9. The van der Waals surface area contributed by atoms with Crippen molar-refractivity contribution in [2.24, 2.45) is 0 Å². The summed E-state index contributed by atoms with van der Waals surface area (Å²) >= 11 is 0. The zero-order chi connectivity index (χ0) is 27.1. The van der Waals surface area contributed by atoms with Crippen LogP contribution in [0, 0.1) is 12.7 Å². The van der Waals surface area contributed by atoms with E-state index < -0.39 is 11.8 Å². The second kappa shape index (κ2) is 9.54. The molecule has 6 rings (SSSR count). The lowest BCUT2D eigenvalue weighted by Crippen LogP contribution is -2.04. The molecule has 0 atom stereocenters. The van der Waals surface area contributed by atoms with Gasteiger partial charge in [0.1, 0.15) is 5.82 Å². The number of aryl methyl sites for hydroxylation is 1. The number of amides is 1. The molecule has 2 N–H and O–H groups in total. The zero-order valence-electron chi connectivity index (χ0n) is 20.9. The number of hydrogen-bond donors (Lipinski definition) is 2. The van der Waals surface area contributed by atoms with Gasteiger partial charge in [0.25, 0.3) is 5.91 Å². The molecule has 190 valence electrons. The van der Waals surface area contributed by atoms with Gasteiger partial charge in [-0.3, -0.25) is 4.79 Å². The van der Waals surface area contributed by atoms with Gasteiger partial charge in [-0.25, -0.2) is 13.9 Å². The molecule has 0 unspecified atom stereocenters. The van der Waals surface area contributed by atoms with Gasteiger partial charge in [-0.05, 0) is 77.2 Å². The molecule has 0 saturated carbocycles. The molecule has 0 bridgehead atoms. The van der Waals surface area contributed by atoms with Crippen LogP contribution in [0.5, 0.6) is 0 Å². The van der Waals surface area contributed by atoms with Crippen molar-refractivity contribution < 1.29 is 19.1 Å². The summed E-state index contributed by atoms with van der Waals surface area (Å²) in [6.45, 7) is 1.72. The minimum atomic E-state index is -1.04.